The first-order valence-corrected chi connectivity index (χ1v) is 10.4. The van der Waals surface area contributed by atoms with E-state index in [4.69, 9.17) is 10.8 Å². The van der Waals surface area contributed by atoms with Gasteiger partial charge in [0.05, 0.1) is 5.69 Å². The average molecular weight is 406 g/mol. The number of rotatable bonds is 3. The van der Waals surface area contributed by atoms with Crippen molar-refractivity contribution in [1.29, 1.82) is 0 Å². The van der Waals surface area contributed by atoms with Gasteiger partial charge in [-0.05, 0) is 42.7 Å². The van der Waals surface area contributed by atoms with Gasteiger partial charge in [0.25, 0.3) is 5.91 Å². The number of nitrogens with zero attached hydrogens (tertiary/aromatic N) is 2. The molecule has 0 bridgehead atoms. The molecular formula is C27H23N3O. The Morgan fingerprint density at radius 3 is 2.13 bits per heavy atom. The molecule has 0 fully saturated rings. The second-order valence-corrected chi connectivity index (χ2v) is 8.02. The molecule has 4 nitrogen and oxygen atoms in total. The Morgan fingerprint density at radius 1 is 0.839 bits per heavy atom. The van der Waals surface area contributed by atoms with Crippen molar-refractivity contribution in [1.82, 2.24) is 9.78 Å². The number of benzene rings is 3. The second-order valence-electron chi connectivity index (χ2n) is 8.02. The summed E-state index contributed by atoms with van der Waals surface area (Å²) in [5.41, 5.74) is 15.2. The highest BCUT2D eigenvalue weighted by molar-refractivity contribution is 6.23. The average Bonchev–Trinajstić information content (AvgIpc) is 3.17. The minimum atomic E-state index is -0.0951. The summed E-state index contributed by atoms with van der Waals surface area (Å²) in [5.74, 6) is -0.0951. The predicted octanol–water partition coefficient (Wildman–Crippen LogP) is 5.78. The van der Waals surface area contributed by atoms with Crippen molar-refractivity contribution in [2.75, 3.05) is 5.73 Å². The topological polar surface area (TPSA) is 60.9 Å². The monoisotopic (exact) mass is 405 g/mol. The Balaban J connectivity index is 1.72. The Morgan fingerprint density at radius 2 is 1.48 bits per heavy atom. The van der Waals surface area contributed by atoms with E-state index in [2.05, 4.69) is 12.1 Å². The number of carbonyl (C=O) groups is 1. The maximum atomic E-state index is 13.7. The van der Waals surface area contributed by atoms with Crippen LogP contribution in [0.4, 0.5) is 5.69 Å². The summed E-state index contributed by atoms with van der Waals surface area (Å²) in [4.78, 5) is 13.7. The smallest absolute Gasteiger partial charge is 0.279 e. The summed E-state index contributed by atoms with van der Waals surface area (Å²) < 4.78 is 1.60. The van der Waals surface area contributed by atoms with Crippen LogP contribution in [-0.2, 0) is 6.42 Å². The molecule has 0 amide bonds. The molecule has 0 unspecified atom stereocenters. The fourth-order valence-corrected chi connectivity index (χ4v) is 4.32. The van der Waals surface area contributed by atoms with E-state index in [0.29, 0.717) is 12.0 Å². The van der Waals surface area contributed by atoms with Crippen LogP contribution in [0, 0.1) is 6.92 Å². The maximum absolute atomic E-state index is 13.7. The normalized spacial score (nSPS) is 13.4. The van der Waals surface area contributed by atoms with Crippen LogP contribution in [0.5, 0.6) is 0 Å². The molecule has 1 aromatic heterocycles. The van der Waals surface area contributed by atoms with Crippen molar-refractivity contribution in [3.05, 3.63) is 101 Å². The number of fused-ring (bicyclic) bond motifs is 1. The van der Waals surface area contributed by atoms with Gasteiger partial charge >= 0.3 is 0 Å². The molecule has 0 aliphatic carbocycles. The molecule has 0 radical (unpaired) electrons. The van der Waals surface area contributed by atoms with E-state index in [1.807, 2.05) is 80.6 Å². The van der Waals surface area contributed by atoms with Crippen molar-refractivity contribution in [3.63, 3.8) is 0 Å². The van der Waals surface area contributed by atoms with Gasteiger partial charge in [0.15, 0.2) is 0 Å². The minimum Gasteiger partial charge on any atom is -0.399 e. The highest BCUT2D eigenvalue weighted by Crippen LogP contribution is 2.39. The Labute approximate surface area is 181 Å². The van der Waals surface area contributed by atoms with E-state index in [-0.39, 0.29) is 5.91 Å². The zero-order valence-corrected chi connectivity index (χ0v) is 17.6. The molecule has 4 heteroatoms. The predicted molar refractivity (Wildman–Crippen MR) is 126 cm³/mol. The van der Waals surface area contributed by atoms with Crippen molar-refractivity contribution in [3.8, 4) is 22.4 Å². The molecule has 2 N–H and O–H groups in total. The maximum Gasteiger partial charge on any atom is 0.279 e. The third-order valence-corrected chi connectivity index (χ3v) is 5.91. The molecule has 3 aromatic carbocycles. The van der Waals surface area contributed by atoms with E-state index in [1.165, 1.54) is 0 Å². The SMILES string of the molecule is CC1=C(c2ccc(N)c(C)c2)C(=O)n2nc(-c3ccccc3)c(-c3ccccc3)c2C1. The molecule has 1 aliphatic heterocycles. The number of aryl methyl sites for hydroxylation is 1. The van der Waals surface area contributed by atoms with Crippen LogP contribution in [0.2, 0.25) is 0 Å². The van der Waals surface area contributed by atoms with Crippen LogP contribution in [0.3, 0.4) is 0 Å². The Hall–Kier alpha value is -3.92. The highest BCUT2D eigenvalue weighted by atomic mass is 16.2. The summed E-state index contributed by atoms with van der Waals surface area (Å²) in [7, 11) is 0. The molecule has 152 valence electrons. The van der Waals surface area contributed by atoms with Crippen LogP contribution in [0.15, 0.2) is 84.4 Å². The number of anilines is 1. The molecule has 0 saturated heterocycles. The van der Waals surface area contributed by atoms with Crippen LogP contribution in [0.1, 0.15) is 28.5 Å². The fourth-order valence-electron chi connectivity index (χ4n) is 4.32. The molecule has 1 aliphatic rings. The van der Waals surface area contributed by atoms with Gasteiger partial charge in [0.2, 0.25) is 0 Å². The zero-order valence-electron chi connectivity index (χ0n) is 17.6. The van der Waals surface area contributed by atoms with E-state index in [0.717, 1.165) is 50.5 Å². The fraction of sp³-hybridized carbons (Fsp3) is 0.111. The lowest BCUT2D eigenvalue weighted by molar-refractivity contribution is 0.0958. The van der Waals surface area contributed by atoms with Crippen molar-refractivity contribution < 1.29 is 4.79 Å². The molecular weight excluding hydrogens is 382 g/mol. The van der Waals surface area contributed by atoms with Crippen LogP contribution < -0.4 is 5.73 Å². The standard InChI is InChI=1S/C27H23N3O/c1-17-15-21(13-14-22(17)28)24-18(2)16-23-25(19-9-5-3-6-10-19)26(29-30(23)27(24)31)20-11-7-4-8-12-20/h3-15H,16,28H2,1-2H3. The number of hydrogen-bond donors (Lipinski definition) is 1. The lowest BCUT2D eigenvalue weighted by atomic mass is 9.90. The molecule has 0 atom stereocenters. The van der Waals surface area contributed by atoms with E-state index >= 15 is 0 Å². The van der Waals surface area contributed by atoms with Crippen molar-refractivity contribution in [2.24, 2.45) is 0 Å². The first-order valence-electron chi connectivity index (χ1n) is 10.4. The summed E-state index contributed by atoms with van der Waals surface area (Å²) in [6.45, 7) is 3.99. The van der Waals surface area contributed by atoms with Crippen molar-refractivity contribution in [2.45, 2.75) is 20.3 Å². The molecule has 31 heavy (non-hydrogen) atoms. The lowest BCUT2D eigenvalue weighted by Gasteiger charge is -2.20. The number of hydrogen-bond acceptors (Lipinski definition) is 3. The van der Waals surface area contributed by atoms with Crippen LogP contribution in [-0.4, -0.2) is 15.7 Å². The number of allylic oxidation sites excluding steroid dienone is 2. The van der Waals surface area contributed by atoms with Crippen LogP contribution >= 0.6 is 0 Å². The number of carbonyl (C=O) groups excluding carboxylic acids is 1. The van der Waals surface area contributed by atoms with Gasteiger partial charge in [-0.15, -0.1) is 0 Å². The zero-order chi connectivity index (χ0) is 21.5. The van der Waals surface area contributed by atoms with Crippen molar-refractivity contribution >= 4 is 17.2 Å². The molecule has 4 aromatic rings. The third kappa shape index (κ3) is 3.17. The quantitative estimate of drug-likeness (QED) is 0.440. The molecule has 5 rings (SSSR count). The lowest BCUT2D eigenvalue weighted by Crippen LogP contribution is -2.23. The van der Waals surface area contributed by atoms with Gasteiger partial charge in [-0.1, -0.05) is 72.3 Å². The second kappa shape index (κ2) is 7.40. The largest absolute Gasteiger partial charge is 0.399 e. The van der Waals surface area contributed by atoms with Gasteiger partial charge in [-0.2, -0.15) is 9.78 Å². The first kappa shape index (κ1) is 19.1. The van der Waals surface area contributed by atoms with Gasteiger partial charge in [-0.3, -0.25) is 4.79 Å². The highest BCUT2D eigenvalue weighted by Gasteiger charge is 2.31. The summed E-state index contributed by atoms with van der Waals surface area (Å²) >= 11 is 0. The number of nitrogen functional groups attached to an aromatic ring is 1. The van der Waals surface area contributed by atoms with Gasteiger partial charge in [0, 0.05) is 28.8 Å². The summed E-state index contributed by atoms with van der Waals surface area (Å²) in [6.07, 6.45) is 0.661. The van der Waals surface area contributed by atoms with Gasteiger partial charge < -0.3 is 5.73 Å². The number of aromatic nitrogens is 2. The Bertz CT molecular complexity index is 1330. The first-order chi connectivity index (χ1) is 15.0. The van der Waals surface area contributed by atoms with Gasteiger partial charge in [-0.25, -0.2) is 0 Å². The molecule has 0 spiro atoms. The molecule has 0 saturated carbocycles. The Kier molecular flexibility index (Phi) is 4.55. The summed E-state index contributed by atoms with van der Waals surface area (Å²) in [5, 5.41) is 4.84. The number of nitrogens with two attached hydrogens (primary N) is 1. The molecule has 2 heterocycles. The van der Waals surface area contributed by atoms with Crippen LogP contribution in [0.25, 0.3) is 28.0 Å². The van der Waals surface area contributed by atoms with E-state index in [9.17, 15) is 4.79 Å². The summed E-state index contributed by atoms with van der Waals surface area (Å²) in [6, 6.07) is 26.0. The third-order valence-electron chi connectivity index (χ3n) is 5.91. The van der Waals surface area contributed by atoms with E-state index in [1.54, 1.807) is 4.68 Å². The van der Waals surface area contributed by atoms with Gasteiger partial charge in [0.1, 0.15) is 5.69 Å². The van der Waals surface area contributed by atoms with E-state index < -0.39 is 0 Å². The minimum absolute atomic E-state index is 0.0951.